The van der Waals surface area contributed by atoms with Crippen LogP contribution in [0.1, 0.15) is 19.2 Å². The number of aromatic nitrogens is 2. The fourth-order valence-corrected chi connectivity index (χ4v) is 2.96. The Labute approximate surface area is 127 Å². The third-order valence-corrected chi connectivity index (χ3v) is 4.10. The van der Waals surface area contributed by atoms with Crippen molar-refractivity contribution in [3.05, 3.63) is 29.8 Å². The van der Waals surface area contributed by atoms with Gasteiger partial charge in [0.15, 0.2) is 5.82 Å². The lowest BCUT2D eigenvalue weighted by Gasteiger charge is -2.25. The maximum atomic E-state index is 13.7. The van der Waals surface area contributed by atoms with E-state index in [1.165, 1.54) is 6.07 Å². The lowest BCUT2D eigenvalue weighted by Crippen LogP contribution is -2.46. The summed E-state index contributed by atoms with van der Waals surface area (Å²) in [5, 5.41) is 11.8. The van der Waals surface area contributed by atoms with Crippen molar-refractivity contribution in [2.24, 2.45) is 0 Å². The number of nitrogens with one attached hydrogen (secondary N) is 2. The Bertz CT molecular complexity index is 702. The quantitative estimate of drug-likeness (QED) is 0.777. The molecule has 1 saturated heterocycles. The van der Waals surface area contributed by atoms with E-state index in [4.69, 9.17) is 5.11 Å². The molecule has 0 amide bonds. The number of carboxylic acids is 1. The molecule has 1 atom stereocenters. The van der Waals surface area contributed by atoms with E-state index in [9.17, 15) is 9.18 Å². The van der Waals surface area contributed by atoms with Crippen molar-refractivity contribution in [2.75, 3.05) is 19.6 Å². The number of rotatable bonds is 5. The van der Waals surface area contributed by atoms with Gasteiger partial charge in [0.2, 0.25) is 0 Å². The van der Waals surface area contributed by atoms with E-state index in [-0.39, 0.29) is 17.9 Å². The van der Waals surface area contributed by atoms with Gasteiger partial charge in [-0.05, 0) is 25.5 Å². The number of carbonyl (C=O) groups is 1. The van der Waals surface area contributed by atoms with Crippen LogP contribution in [0.4, 0.5) is 4.39 Å². The predicted octanol–water partition coefficient (Wildman–Crippen LogP) is 1.34. The minimum absolute atomic E-state index is 0.0415. The number of fused-ring (bicyclic) bond motifs is 1. The molecule has 3 rings (SSSR count). The third kappa shape index (κ3) is 3.10. The molecule has 0 unspecified atom stereocenters. The predicted molar refractivity (Wildman–Crippen MR) is 80.0 cm³/mol. The van der Waals surface area contributed by atoms with Crippen molar-refractivity contribution in [3.8, 4) is 0 Å². The number of likely N-dealkylation sites (tertiary alicyclic amines) is 1. The molecule has 1 fully saturated rings. The van der Waals surface area contributed by atoms with Crippen LogP contribution in [0.2, 0.25) is 0 Å². The highest BCUT2D eigenvalue weighted by Gasteiger charge is 2.33. The van der Waals surface area contributed by atoms with Crippen molar-refractivity contribution in [3.63, 3.8) is 0 Å². The van der Waals surface area contributed by atoms with Gasteiger partial charge in [-0.2, -0.15) is 0 Å². The fraction of sp³-hybridized carbons (Fsp3) is 0.467. The minimum Gasteiger partial charge on any atom is -0.480 e. The molecule has 118 valence electrons. The first-order valence-corrected chi connectivity index (χ1v) is 7.27. The summed E-state index contributed by atoms with van der Waals surface area (Å²) in [6.07, 6.45) is 0.870. The van der Waals surface area contributed by atoms with E-state index in [2.05, 4.69) is 20.2 Å². The van der Waals surface area contributed by atoms with Crippen molar-refractivity contribution in [1.82, 2.24) is 20.2 Å². The number of hydrogen-bond donors (Lipinski definition) is 3. The second-order valence-corrected chi connectivity index (χ2v) is 6.09. The SMILES string of the molecule is C[C@]1(NCC(=O)O)CCN(Cc2nc3c(F)cccc3[nH]2)C1. The first-order chi connectivity index (χ1) is 10.5. The Balaban J connectivity index is 1.66. The van der Waals surface area contributed by atoms with Gasteiger partial charge in [-0.3, -0.25) is 9.69 Å². The molecule has 1 aromatic heterocycles. The number of H-pyrrole nitrogens is 1. The summed E-state index contributed by atoms with van der Waals surface area (Å²) in [6.45, 7) is 4.16. The largest absolute Gasteiger partial charge is 0.480 e. The third-order valence-electron chi connectivity index (χ3n) is 4.10. The molecule has 6 nitrogen and oxygen atoms in total. The number of para-hydroxylation sites is 1. The second-order valence-electron chi connectivity index (χ2n) is 6.09. The fourth-order valence-electron chi connectivity index (χ4n) is 2.96. The van der Waals surface area contributed by atoms with Crippen LogP contribution in [0.25, 0.3) is 11.0 Å². The zero-order valence-corrected chi connectivity index (χ0v) is 12.4. The van der Waals surface area contributed by atoms with Gasteiger partial charge in [-0.1, -0.05) is 6.07 Å². The van der Waals surface area contributed by atoms with Crippen LogP contribution in [0, 0.1) is 5.82 Å². The van der Waals surface area contributed by atoms with E-state index in [0.717, 1.165) is 25.3 Å². The van der Waals surface area contributed by atoms with Gasteiger partial charge in [0, 0.05) is 18.6 Å². The van der Waals surface area contributed by atoms with Crippen LogP contribution in [0.3, 0.4) is 0 Å². The molecule has 3 N–H and O–H groups in total. The van der Waals surface area contributed by atoms with E-state index >= 15 is 0 Å². The summed E-state index contributed by atoms with van der Waals surface area (Å²) in [5.74, 6) is -0.454. The molecule has 2 aromatic rings. The van der Waals surface area contributed by atoms with Gasteiger partial charge in [0.1, 0.15) is 11.3 Å². The van der Waals surface area contributed by atoms with Gasteiger partial charge in [0.05, 0.1) is 18.6 Å². The number of nitrogens with zero attached hydrogens (tertiary/aromatic N) is 2. The summed E-state index contributed by atoms with van der Waals surface area (Å²) >= 11 is 0. The first-order valence-electron chi connectivity index (χ1n) is 7.27. The normalized spacial score (nSPS) is 22.5. The number of imidazole rings is 1. The van der Waals surface area contributed by atoms with Crippen LogP contribution in [0.5, 0.6) is 0 Å². The van der Waals surface area contributed by atoms with E-state index in [1.54, 1.807) is 12.1 Å². The lowest BCUT2D eigenvalue weighted by atomic mass is 10.0. The maximum Gasteiger partial charge on any atom is 0.317 e. The standard InChI is InChI=1S/C15H19FN4O2/c1-15(17-7-13(21)22)5-6-20(9-15)8-12-18-11-4-2-3-10(16)14(11)19-12/h2-4,17H,5-9H2,1H3,(H,18,19)(H,21,22)/t15-/m0/s1. The molecule has 7 heteroatoms. The monoisotopic (exact) mass is 306 g/mol. The molecule has 1 aliphatic rings. The number of carboxylic acid groups (broad SMARTS) is 1. The van der Waals surface area contributed by atoms with Crippen molar-refractivity contribution < 1.29 is 14.3 Å². The molecule has 0 bridgehead atoms. The molecule has 0 radical (unpaired) electrons. The Morgan fingerprint density at radius 2 is 2.41 bits per heavy atom. The zero-order valence-electron chi connectivity index (χ0n) is 12.4. The number of aromatic amines is 1. The second kappa shape index (κ2) is 5.66. The summed E-state index contributed by atoms with van der Waals surface area (Å²) in [6, 6.07) is 4.86. The maximum absolute atomic E-state index is 13.7. The summed E-state index contributed by atoms with van der Waals surface area (Å²) in [7, 11) is 0. The number of benzene rings is 1. The highest BCUT2D eigenvalue weighted by atomic mass is 19.1. The zero-order chi connectivity index (χ0) is 15.7. The van der Waals surface area contributed by atoms with Crippen molar-refractivity contribution in [1.29, 1.82) is 0 Å². The van der Waals surface area contributed by atoms with Crippen molar-refractivity contribution in [2.45, 2.75) is 25.4 Å². The van der Waals surface area contributed by atoms with Gasteiger partial charge >= 0.3 is 5.97 Å². The van der Waals surface area contributed by atoms with Crippen LogP contribution in [-0.2, 0) is 11.3 Å². The molecule has 1 aromatic carbocycles. The van der Waals surface area contributed by atoms with Gasteiger partial charge in [0.25, 0.3) is 0 Å². The van der Waals surface area contributed by atoms with Gasteiger partial charge in [-0.25, -0.2) is 9.37 Å². The summed E-state index contributed by atoms with van der Waals surface area (Å²) in [4.78, 5) is 20.3. The molecule has 1 aliphatic heterocycles. The van der Waals surface area contributed by atoms with Crippen LogP contribution < -0.4 is 5.32 Å². The van der Waals surface area contributed by atoms with E-state index in [1.807, 2.05) is 6.92 Å². The molecule has 0 saturated carbocycles. The van der Waals surface area contributed by atoms with Gasteiger partial charge < -0.3 is 15.4 Å². The Kier molecular flexibility index (Phi) is 3.84. The number of aliphatic carboxylic acids is 1. The number of hydrogen-bond acceptors (Lipinski definition) is 4. The minimum atomic E-state index is -0.854. The molecular formula is C15H19FN4O2. The topological polar surface area (TPSA) is 81.2 Å². The molecule has 0 aliphatic carbocycles. The first kappa shape index (κ1) is 14.9. The molecule has 0 spiro atoms. The summed E-state index contributed by atoms with van der Waals surface area (Å²) < 4.78 is 13.7. The van der Waals surface area contributed by atoms with Crippen LogP contribution in [0.15, 0.2) is 18.2 Å². The Morgan fingerprint density at radius 1 is 1.59 bits per heavy atom. The Morgan fingerprint density at radius 3 is 3.14 bits per heavy atom. The average molecular weight is 306 g/mol. The molecule has 22 heavy (non-hydrogen) atoms. The summed E-state index contributed by atoms with van der Waals surface area (Å²) in [5.41, 5.74) is 0.847. The van der Waals surface area contributed by atoms with E-state index in [0.29, 0.717) is 17.6 Å². The van der Waals surface area contributed by atoms with Crippen molar-refractivity contribution >= 4 is 17.0 Å². The average Bonchev–Trinajstić information content (AvgIpc) is 3.02. The molecule has 2 heterocycles. The highest BCUT2D eigenvalue weighted by Crippen LogP contribution is 2.23. The van der Waals surface area contributed by atoms with Crippen LogP contribution in [-0.4, -0.2) is 51.1 Å². The van der Waals surface area contributed by atoms with E-state index < -0.39 is 5.97 Å². The van der Waals surface area contributed by atoms with Crippen LogP contribution >= 0.6 is 0 Å². The highest BCUT2D eigenvalue weighted by molar-refractivity contribution is 5.75. The smallest absolute Gasteiger partial charge is 0.317 e. The number of halogens is 1. The lowest BCUT2D eigenvalue weighted by molar-refractivity contribution is -0.136. The van der Waals surface area contributed by atoms with Gasteiger partial charge in [-0.15, -0.1) is 0 Å². The Hall–Kier alpha value is -1.99. The molecular weight excluding hydrogens is 287 g/mol.